The first kappa shape index (κ1) is 19.3. The average Bonchev–Trinajstić information content (AvgIpc) is 2.94. The fourth-order valence-electron chi connectivity index (χ4n) is 2.87. The van der Waals surface area contributed by atoms with E-state index in [2.05, 4.69) is 18.7 Å². The van der Waals surface area contributed by atoms with Crippen LogP contribution >= 0.6 is 11.3 Å². The van der Waals surface area contributed by atoms with Crippen LogP contribution in [0.4, 0.5) is 5.00 Å². The molecule has 0 radical (unpaired) electrons. The van der Waals surface area contributed by atoms with Gasteiger partial charge in [-0.3, -0.25) is 4.90 Å². The molecule has 1 heterocycles. The second-order valence-electron chi connectivity index (χ2n) is 5.80. The predicted molar refractivity (Wildman–Crippen MR) is 103 cm³/mol. The molecule has 0 saturated heterocycles. The van der Waals surface area contributed by atoms with E-state index in [1.54, 1.807) is 7.11 Å². The van der Waals surface area contributed by atoms with Crippen LogP contribution < -0.4 is 10.5 Å². The maximum atomic E-state index is 12.4. The quantitative estimate of drug-likeness (QED) is 0.756. The zero-order valence-corrected chi connectivity index (χ0v) is 16.3. The van der Waals surface area contributed by atoms with Crippen LogP contribution in [0.3, 0.4) is 0 Å². The molecule has 2 aromatic rings. The highest BCUT2D eigenvalue weighted by atomic mass is 32.1. The van der Waals surface area contributed by atoms with Crippen LogP contribution in [0.1, 0.15) is 34.6 Å². The van der Waals surface area contributed by atoms with E-state index >= 15 is 0 Å². The minimum atomic E-state index is -0.418. The summed E-state index contributed by atoms with van der Waals surface area (Å²) in [7, 11) is 3.01. The third-order valence-corrected chi connectivity index (χ3v) is 5.29. The number of methoxy groups -OCH3 is 2. The third kappa shape index (κ3) is 3.96. The molecule has 2 N–H and O–H groups in total. The summed E-state index contributed by atoms with van der Waals surface area (Å²) in [4.78, 5) is 15.7. The lowest BCUT2D eigenvalue weighted by Crippen LogP contribution is -2.22. The second-order valence-corrected chi connectivity index (χ2v) is 6.93. The monoisotopic (exact) mass is 362 g/mol. The lowest BCUT2D eigenvalue weighted by Gasteiger charge is -2.19. The van der Waals surface area contributed by atoms with Crippen LogP contribution in [-0.2, 0) is 11.3 Å². The fourth-order valence-corrected chi connectivity index (χ4v) is 3.98. The third-order valence-electron chi connectivity index (χ3n) is 4.28. The number of hydrogen-bond acceptors (Lipinski definition) is 6. The summed E-state index contributed by atoms with van der Waals surface area (Å²) < 4.78 is 10.5. The van der Waals surface area contributed by atoms with E-state index in [4.69, 9.17) is 15.2 Å². The van der Waals surface area contributed by atoms with E-state index in [1.807, 2.05) is 25.1 Å². The molecule has 0 aliphatic rings. The number of esters is 1. The van der Waals surface area contributed by atoms with Gasteiger partial charge in [-0.15, -0.1) is 11.3 Å². The molecule has 25 heavy (non-hydrogen) atoms. The van der Waals surface area contributed by atoms with Crippen molar-refractivity contribution in [1.29, 1.82) is 0 Å². The van der Waals surface area contributed by atoms with Crippen molar-refractivity contribution in [2.45, 2.75) is 27.3 Å². The second kappa shape index (κ2) is 8.36. The summed E-state index contributed by atoms with van der Waals surface area (Å²) in [5.74, 6) is 0.299. The lowest BCUT2D eigenvalue weighted by molar-refractivity contribution is 0.0603. The van der Waals surface area contributed by atoms with Gasteiger partial charge >= 0.3 is 5.97 Å². The van der Waals surface area contributed by atoms with Crippen molar-refractivity contribution in [2.24, 2.45) is 0 Å². The first-order chi connectivity index (χ1) is 12.0. The summed E-state index contributed by atoms with van der Waals surface area (Å²) in [5, 5.41) is 0.479. The zero-order chi connectivity index (χ0) is 18.6. The molecule has 0 aliphatic carbocycles. The van der Waals surface area contributed by atoms with Crippen LogP contribution in [0, 0.1) is 6.92 Å². The predicted octanol–water partition coefficient (Wildman–Crippen LogP) is 3.94. The van der Waals surface area contributed by atoms with E-state index in [9.17, 15) is 4.79 Å². The Morgan fingerprint density at radius 2 is 1.92 bits per heavy atom. The van der Waals surface area contributed by atoms with Gasteiger partial charge < -0.3 is 15.2 Å². The first-order valence-corrected chi connectivity index (χ1v) is 9.15. The highest BCUT2D eigenvalue weighted by molar-refractivity contribution is 7.17. The largest absolute Gasteiger partial charge is 0.496 e. The number of aryl methyl sites for hydroxylation is 1. The molecule has 1 aromatic carbocycles. The van der Waals surface area contributed by atoms with Gasteiger partial charge in [0.05, 0.1) is 14.2 Å². The number of carbonyl (C=O) groups excluding carboxylic acids is 1. The standard InChI is InChI=1S/C19H26N2O3S/c1-6-21(7-2)11-15-16(17(18(20)25-15)19(22)24-5)13-10-12(3)8-9-14(13)23-4/h8-10H,6-7,11,20H2,1-5H3. The molecule has 2 rings (SSSR count). The number of nitrogens with two attached hydrogens (primary N) is 1. The smallest absolute Gasteiger partial charge is 0.341 e. The first-order valence-electron chi connectivity index (χ1n) is 8.33. The topological polar surface area (TPSA) is 64.8 Å². The van der Waals surface area contributed by atoms with Crippen molar-refractivity contribution in [3.63, 3.8) is 0 Å². The van der Waals surface area contributed by atoms with Crippen LogP contribution in [0.15, 0.2) is 18.2 Å². The Morgan fingerprint density at radius 3 is 2.48 bits per heavy atom. The van der Waals surface area contributed by atoms with Gasteiger partial charge in [0.2, 0.25) is 0 Å². The number of hydrogen-bond donors (Lipinski definition) is 1. The highest BCUT2D eigenvalue weighted by Gasteiger charge is 2.26. The number of rotatable bonds is 7. The van der Waals surface area contributed by atoms with Crippen LogP contribution in [0.2, 0.25) is 0 Å². The van der Waals surface area contributed by atoms with Crippen molar-refractivity contribution in [3.05, 3.63) is 34.2 Å². The number of thiophene rings is 1. The van der Waals surface area contributed by atoms with E-state index in [1.165, 1.54) is 18.4 Å². The minimum absolute atomic E-state index is 0.418. The Labute approximate surface area is 153 Å². The van der Waals surface area contributed by atoms with E-state index < -0.39 is 5.97 Å². The maximum Gasteiger partial charge on any atom is 0.341 e. The molecule has 0 unspecified atom stereocenters. The lowest BCUT2D eigenvalue weighted by atomic mass is 9.98. The SMILES string of the molecule is CCN(CC)Cc1sc(N)c(C(=O)OC)c1-c1cc(C)ccc1OC. The van der Waals surface area contributed by atoms with E-state index in [-0.39, 0.29) is 0 Å². The average molecular weight is 362 g/mol. The molecule has 0 atom stereocenters. The summed E-state index contributed by atoms with van der Waals surface area (Å²) in [6, 6.07) is 5.93. The van der Waals surface area contributed by atoms with Crippen LogP contribution in [-0.4, -0.2) is 38.2 Å². The number of benzene rings is 1. The van der Waals surface area contributed by atoms with Gasteiger partial charge in [0.25, 0.3) is 0 Å². The molecular formula is C19H26N2O3S. The zero-order valence-electron chi connectivity index (χ0n) is 15.5. The number of ether oxygens (including phenoxy) is 2. The van der Waals surface area contributed by atoms with Crippen LogP contribution in [0.25, 0.3) is 11.1 Å². The van der Waals surface area contributed by atoms with Crippen molar-refractivity contribution in [3.8, 4) is 16.9 Å². The molecule has 5 nitrogen and oxygen atoms in total. The van der Waals surface area contributed by atoms with Crippen LogP contribution in [0.5, 0.6) is 5.75 Å². The van der Waals surface area contributed by atoms with E-state index in [0.29, 0.717) is 16.3 Å². The Balaban J connectivity index is 2.72. The van der Waals surface area contributed by atoms with E-state index in [0.717, 1.165) is 41.2 Å². The molecule has 0 aliphatic heterocycles. The molecule has 136 valence electrons. The van der Waals surface area contributed by atoms with Gasteiger partial charge in [0, 0.05) is 22.5 Å². The molecule has 0 amide bonds. The Bertz CT molecular complexity index is 751. The van der Waals surface area contributed by atoms with Crippen molar-refractivity contribution in [2.75, 3.05) is 33.0 Å². The summed E-state index contributed by atoms with van der Waals surface area (Å²) in [6.45, 7) is 8.83. The number of nitrogen functional groups attached to an aromatic ring is 1. The molecule has 0 spiro atoms. The summed E-state index contributed by atoms with van der Waals surface area (Å²) in [5.41, 5.74) is 9.41. The molecular weight excluding hydrogens is 336 g/mol. The molecule has 0 saturated carbocycles. The van der Waals surface area contributed by atoms with Crippen molar-refractivity contribution >= 4 is 22.3 Å². The fraction of sp³-hybridized carbons (Fsp3) is 0.421. The summed E-state index contributed by atoms with van der Waals surface area (Å²) in [6.07, 6.45) is 0. The number of anilines is 1. The maximum absolute atomic E-state index is 12.4. The minimum Gasteiger partial charge on any atom is -0.496 e. The highest BCUT2D eigenvalue weighted by Crippen LogP contribution is 2.43. The van der Waals surface area contributed by atoms with Gasteiger partial charge in [0.15, 0.2) is 0 Å². The Kier molecular flexibility index (Phi) is 6.45. The van der Waals surface area contributed by atoms with Crippen molar-refractivity contribution < 1.29 is 14.3 Å². The number of carbonyl (C=O) groups is 1. The van der Waals surface area contributed by atoms with Gasteiger partial charge in [-0.25, -0.2) is 4.79 Å². The molecule has 0 fully saturated rings. The molecule has 0 bridgehead atoms. The van der Waals surface area contributed by atoms with Crippen molar-refractivity contribution in [1.82, 2.24) is 4.90 Å². The van der Waals surface area contributed by atoms with Gasteiger partial charge in [0.1, 0.15) is 16.3 Å². The number of nitrogens with zero attached hydrogens (tertiary/aromatic N) is 1. The van der Waals surface area contributed by atoms with Gasteiger partial charge in [-0.2, -0.15) is 0 Å². The van der Waals surface area contributed by atoms with Gasteiger partial charge in [-0.1, -0.05) is 25.5 Å². The normalized spacial score (nSPS) is 11.0. The molecule has 1 aromatic heterocycles. The Hall–Kier alpha value is -2.05. The van der Waals surface area contributed by atoms with Gasteiger partial charge in [-0.05, 0) is 32.1 Å². The molecule has 6 heteroatoms. The Morgan fingerprint density at radius 1 is 1.24 bits per heavy atom. The summed E-state index contributed by atoms with van der Waals surface area (Å²) >= 11 is 1.44.